The highest BCUT2D eigenvalue weighted by Gasteiger charge is 2.29. The maximum Gasteiger partial charge on any atom is 0.339 e. The van der Waals surface area contributed by atoms with Gasteiger partial charge in [0.1, 0.15) is 10.8 Å². The third-order valence-corrected chi connectivity index (χ3v) is 2.76. The zero-order valence-electron chi connectivity index (χ0n) is 9.47. The summed E-state index contributed by atoms with van der Waals surface area (Å²) in [4.78, 5) is 11.4. The first-order chi connectivity index (χ1) is 8.56. The summed E-state index contributed by atoms with van der Waals surface area (Å²) in [5.41, 5.74) is -0.0808. The van der Waals surface area contributed by atoms with E-state index in [4.69, 9.17) is 21.1 Å². The molecule has 0 saturated heterocycles. The molecule has 1 aromatic rings. The lowest BCUT2D eigenvalue weighted by Crippen LogP contribution is -2.15. The van der Waals surface area contributed by atoms with Gasteiger partial charge in [0.15, 0.2) is 17.6 Å². The van der Waals surface area contributed by atoms with E-state index in [2.05, 4.69) is 4.74 Å². The lowest BCUT2D eigenvalue weighted by atomic mass is 10.1. The van der Waals surface area contributed by atoms with Gasteiger partial charge in [-0.2, -0.15) is 0 Å². The molecule has 6 nitrogen and oxygen atoms in total. The SMILES string of the molecule is CCOC(=O)C(O)c1cc2c(c(Cl)c1O)OCO2. The minimum absolute atomic E-state index is 0.0343. The van der Waals surface area contributed by atoms with Gasteiger partial charge in [0, 0.05) is 5.56 Å². The van der Waals surface area contributed by atoms with Crippen molar-refractivity contribution in [2.24, 2.45) is 0 Å². The molecule has 1 aliphatic heterocycles. The molecule has 0 fully saturated rings. The van der Waals surface area contributed by atoms with Crippen LogP contribution >= 0.6 is 11.6 Å². The van der Waals surface area contributed by atoms with Crippen molar-refractivity contribution in [2.45, 2.75) is 13.0 Å². The van der Waals surface area contributed by atoms with Gasteiger partial charge in [-0.3, -0.25) is 0 Å². The molecule has 0 amide bonds. The van der Waals surface area contributed by atoms with Gasteiger partial charge in [-0.25, -0.2) is 4.79 Å². The third kappa shape index (κ3) is 2.04. The van der Waals surface area contributed by atoms with Crippen molar-refractivity contribution < 1.29 is 29.2 Å². The molecule has 0 radical (unpaired) electrons. The molecule has 1 heterocycles. The number of aliphatic hydroxyl groups excluding tert-OH is 1. The zero-order valence-corrected chi connectivity index (χ0v) is 10.2. The number of benzene rings is 1. The number of aliphatic hydroxyl groups is 1. The Hall–Kier alpha value is -1.66. The van der Waals surface area contributed by atoms with Crippen molar-refractivity contribution in [1.29, 1.82) is 0 Å². The van der Waals surface area contributed by atoms with E-state index in [0.29, 0.717) is 0 Å². The highest BCUT2D eigenvalue weighted by Crippen LogP contribution is 2.47. The summed E-state index contributed by atoms with van der Waals surface area (Å²) in [5, 5.41) is 19.5. The van der Waals surface area contributed by atoms with Crippen LogP contribution in [0.25, 0.3) is 0 Å². The fourth-order valence-electron chi connectivity index (χ4n) is 1.57. The Kier molecular flexibility index (Phi) is 3.49. The molecule has 7 heteroatoms. The van der Waals surface area contributed by atoms with E-state index in [1.807, 2.05) is 0 Å². The van der Waals surface area contributed by atoms with Gasteiger partial charge in [-0.15, -0.1) is 0 Å². The van der Waals surface area contributed by atoms with Crippen LogP contribution in [0.2, 0.25) is 5.02 Å². The Balaban J connectivity index is 2.40. The summed E-state index contributed by atoms with van der Waals surface area (Å²) in [7, 11) is 0. The number of phenols is 1. The lowest BCUT2D eigenvalue weighted by molar-refractivity contribution is -0.153. The van der Waals surface area contributed by atoms with E-state index in [0.717, 1.165) is 0 Å². The summed E-state index contributed by atoms with van der Waals surface area (Å²) in [5.74, 6) is -0.852. The standard InChI is InChI=1S/C11H11ClO6/c1-2-16-11(15)9(14)5-3-6-10(18-4-17-6)7(12)8(5)13/h3,9,13-14H,2,4H2,1H3. The monoisotopic (exact) mass is 274 g/mol. The van der Waals surface area contributed by atoms with Gasteiger partial charge < -0.3 is 24.4 Å². The number of rotatable bonds is 3. The molecule has 0 aromatic heterocycles. The number of esters is 1. The van der Waals surface area contributed by atoms with Gasteiger partial charge in [0.2, 0.25) is 6.79 Å². The molecule has 1 unspecified atom stereocenters. The molecule has 2 N–H and O–H groups in total. The Bertz CT molecular complexity index is 487. The molecule has 1 aromatic carbocycles. The molecule has 2 rings (SSSR count). The number of fused-ring (bicyclic) bond motifs is 1. The van der Waals surface area contributed by atoms with E-state index in [1.54, 1.807) is 6.92 Å². The van der Waals surface area contributed by atoms with Crippen LogP contribution < -0.4 is 9.47 Å². The number of hydrogen-bond donors (Lipinski definition) is 2. The van der Waals surface area contributed by atoms with Crippen molar-refractivity contribution >= 4 is 17.6 Å². The average molecular weight is 275 g/mol. The van der Waals surface area contributed by atoms with Gasteiger partial charge in [-0.1, -0.05) is 11.6 Å². The molecule has 1 atom stereocenters. The summed E-state index contributed by atoms with van der Waals surface area (Å²) >= 11 is 5.85. The van der Waals surface area contributed by atoms with E-state index in [9.17, 15) is 15.0 Å². The largest absolute Gasteiger partial charge is 0.506 e. The van der Waals surface area contributed by atoms with E-state index < -0.39 is 17.8 Å². The molecular weight excluding hydrogens is 264 g/mol. The molecule has 0 saturated carbocycles. The quantitative estimate of drug-likeness (QED) is 0.810. The minimum Gasteiger partial charge on any atom is -0.506 e. The number of hydrogen-bond acceptors (Lipinski definition) is 6. The van der Waals surface area contributed by atoms with Gasteiger partial charge in [-0.05, 0) is 13.0 Å². The second-order valence-corrected chi connectivity index (χ2v) is 3.89. The number of ether oxygens (including phenoxy) is 3. The molecule has 1 aliphatic rings. The summed E-state index contributed by atoms with van der Waals surface area (Å²) < 4.78 is 14.8. The predicted octanol–water partition coefficient (Wildman–Crippen LogP) is 1.37. The molecule has 98 valence electrons. The minimum atomic E-state index is -1.63. The van der Waals surface area contributed by atoms with Gasteiger partial charge in [0.05, 0.1) is 6.61 Å². The fourth-order valence-corrected chi connectivity index (χ4v) is 1.82. The molecule has 0 bridgehead atoms. The number of phenolic OH excluding ortho intramolecular Hbond substituents is 1. The van der Waals surface area contributed by atoms with Crippen LogP contribution in [0.15, 0.2) is 6.07 Å². The Morgan fingerprint density at radius 1 is 1.61 bits per heavy atom. The van der Waals surface area contributed by atoms with Crippen molar-refractivity contribution in [2.75, 3.05) is 13.4 Å². The molecular formula is C11H11ClO6. The first kappa shape index (κ1) is 12.8. The highest BCUT2D eigenvalue weighted by atomic mass is 35.5. The zero-order chi connectivity index (χ0) is 13.3. The van der Waals surface area contributed by atoms with E-state index in [-0.39, 0.29) is 35.5 Å². The Labute approximate surface area is 108 Å². The van der Waals surface area contributed by atoms with Crippen molar-refractivity contribution in [3.63, 3.8) is 0 Å². The predicted molar refractivity (Wildman–Crippen MR) is 60.8 cm³/mol. The maximum absolute atomic E-state index is 11.4. The second kappa shape index (κ2) is 4.91. The molecule has 0 aliphatic carbocycles. The van der Waals surface area contributed by atoms with Crippen LogP contribution in [-0.4, -0.2) is 29.6 Å². The van der Waals surface area contributed by atoms with Crippen molar-refractivity contribution in [3.8, 4) is 17.2 Å². The van der Waals surface area contributed by atoms with Crippen LogP contribution in [0.4, 0.5) is 0 Å². The fraction of sp³-hybridized carbons (Fsp3) is 0.364. The van der Waals surface area contributed by atoms with Crippen LogP contribution in [0.5, 0.6) is 17.2 Å². The van der Waals surface area contributed by atoms with Crippen LogP contribution in [0, 0.1) is 0 Å². The third-order valence-electron chi connectivity index (χ3n) is 2.41. The summed E-state index contributed by atoms with van der Waals surface area (Å²) in [6.45, 7) is 1.69. The van der Waals surface area contributed by atoms with Crippen LogP contribution in [0.1, 0.15) is 18.6 Å². The Morgan fingerprint density at radius 3 is 3.00 bits per heavy atom. The van der Waals surface area contributed by atoms with Crippen molar-refractivity contribution in [3.05, 3.63) is 16.7 Å². The van der Waals surface area contributed by atoms with Gasteiger partial charge >= 0.3 is 5.97 Å². The second-order valence-electron chi connectivity index (χ2n) is 3.52. The first-order valence-corrected chi connectivity index (χ1v) is 5.59. The van der Waals surface area contributed by atoms with Gasteiger partial charge in [0.25, 0.3) is 0 Å². The number of halogens is 1. The molecule has 0 spiro atoms. The smallest absolute Gasteiger partial charge is 0.339 e. The molecule has 18 heavy (non-hydrogen) atoms. The lowest BCUT2D eigenvalue weighted by Gasteiger charge is -2.13. The number of carbonyl (C=O) groups is 1. The topological polar surface area (TPSA) is 85.2 Å². The first-order valence-electron chi connectivity index (χ1n) is 5.22. The van der Waals surface area contributed by atoms with E-state index in [1.165, 1.54) is 6.07 Å². The summed E-state index contributed by atoms with van der Waals surface area (Å²) in [6.07, 6.45) is -1.63. The normalized spacial score (nSPS) is 14.4. The van der Waals surface area contributed by atoms with Crippen LogP contribution in [-0.2, 0) is 9.53 Å². The van der Waals surface area contributed by atoms with Crippen LogP contribution in [0.3, 0.4) is 0 Å². The Morgan fingerprint density at radius 2 is 2.33 bits per heavy atom. The average Bonchev–Trinajstić information content (AvgIpc) is 2.81. The van der Waals surface area contributed by atoms with Crippen molar-refractivity contribution in [1.82, 2.24) is 0 Å². The summed E-state index contributed by atoms with van der Waals surface area (Å²) in [6, 6.07) is 1.30. The maximum atomic E-state index is 11.4. The number of carbonyl (C=O) groups excluding carboxylic acids is 1. The highest BCUT2D eigenvalue weighted by molar-refractivity contribution is 6.34. The number of aromatic hydroxyl groups is 1. The van der Waals surface area contributed by atoms with E-state index >= 15 is 0 Å².